The van der Waals surface area contributed by atoms with Gasteiger partial charge in [-0.15, -0.1) is 5.16 Å². The van der Waals surface area contributed by atoms with Crippen molar-refractivity contribution in [3.8, 4) is 0 Å². The minimum Gasteiger partial charge on any atom is -0.469 e. The summed E-state index contributed by atoms with van der Waals surface area (Å²) in [5.41, 5.74) is 1.29. The third kappa shape index (κ3) is 4.99. The summed E-state index contributed by atoms with van der Waals surface area (Å²) in [7, 11) is 1.34. The van der Waals surface area contributed by atoms with Crippen molar-refractivity contribution in [1.29, 1.82) is 0 Å². The normalized spacial score (nSPS) is 12.5. The number of hydrogen-bond donors (Lipinski definition) is 1. The van der Waals surface area contributed by atoms with Gasteiger partial charge in [0.25, 0.3) is 0 Å². The number of unbranched alkanes of at least 4 members (excludes halogenated alkanes) is 1. The molecule has 4 heteroatoms. The zero-order valence-electron chi connectivity index (χ0n) is 10.6. The molecule has 0 aromatic heterocycles. The van der Waals surface area contributed by atoms with Gasteiger partial charge in [-0.05, 0) is 24.8 Å². The highest BCUT2D eigenvalue weighted by molar-refractivity contribution is 5.89. The molecule has 0 saturated heterocycles. The van der Waals surface area contributed by atoms with E-state index in [1.165, 1.54) is 18.9 Å². The van der Waals surface area contributed by atoms with E-state index < -0.39 is 5.92 Å². The molecule has 0 bridgehead atoms. The molecule has 0 fully saturated rings. The van der Waals surface area contributed by atoms with E-state index in [9.17, 15) is 4.79 Å². The maximum atomic E-state index is 11.3. The number of rotatable bonds is 7. The number of esters is 1. The van der Waals surface area contributed by atoms with E-state index in [0.29, 0.717) is 6.42 Å². The summed E-state index contributed by atoms with van der Waals surface area (Å²) in [6.45, 7) is 0. The highest BCUT2D eigenvalue weighted by Crippen LogP contribution is 2.11. The largest absolute Gasteiger partial charge is 0.469 e. The fourth-order valence-corrected chi connectivity index (χ4v) is 1.82. The molecular formula is C14H19NO3. The van der Waals surface area contributed by atoms with E-state index in [1.807, 2.05) is 18.2 Å². The maximum Gasteiger partial charge on any atom is 0.314 e. The van der Waals surface area contributed by atoms with Crippen LogP contribution in [0.15, 0.2) is 35.5 Å². The number of aryl methyl sites for hydroxylation is 1. The van der Waals surface area contributed by atoms with E-state index in [2.05, 4.69) is 22.0 Å². The summed E-state index contributed by atoms with van der Waals surface area (Å²) in [6, 6.07) is 10.2. The number of carbonyl (C=O) groups excluding carboxylic acids is 1. The summed E-state index contributed by atoms with van der Waals surface area (Å²) < 4.78 is 4.64. The maximum absolute atomic E-state index is 11.3. The molecule has 4 nitrogen and oxygen atoms in total. The van der Waals surface area contributed by atoms with Crippen molar-refractivity contribution in [2.45, 2.75) is 25.7 Å². The zero-order chi connectivity index (χ0) is 13.2. The van der Waals surface area contributed by atoms with Crippen molar-refractivity contribution < 1.29 is 14.7 Å². The minimum absolute atomic E-state index is 0.354. The Balaban J connectivity index is 2.29. The topological polar surface area (TPSA) is 58.9 Å². The average molecular weight is 249 g/mol. The van der Waals surface area contributed by atoms with Crippen LogP contribution in [0.4, 0.5) is 0 Å². The quantitative estimate of drug-likeness (QED) is 0.266. The first kappa shape index (κ1) is 14.2. The molecule has 1 rings (SSSR count). The van der Waals surface area contributed by atoms with Crippen LogP contribution in [0.1, 0.15) is 24.8 Å². The van der Waals surface area contributed by atoms with E-state index >= 15 is 0 Å². The molecule has 0 amide bonds. The van der Waals surface area contributed by atoms with Gasteiger partial charge in [0.2, 0.25) is 0 Å². The number of methoxy groups -OCH3 is 1. The van der Waals surface area contributed by atoms with Crippen molar-refractivity contribution >= 4 is 12.2 Å². The standard InChI is InChI=1S/C14H19NO3/c1-18-14(16)13(11-15-17)10-6-5-9-12-7-3-2-4-8-12/h2-4,7-8,11,13,17H,5-6,9-10H2,1H3/b15-11-. The molecule has 1 atom stereocenters. The Bertz CT molecular complexity index is 376. The van der Waals surface area contributed by atoms with Crippen LogP contribution >= 0.6 is 0 Å². The summed E-state index contributed by atoms with van der Waals surface area (Å²) in [5.74, 6) is -0.803. The van der Waals surface area contributed by atoms with Crippen molar-refractivity contribution in [1.82, 2.24) is 0 Å². The first-order valence-corrected chi connectivity index (χ1v) is 6.07. The van der Waals surface area contributed by atoms with Gasteiger partial charge in [-0.25, -0.2) is 0 Å². The van der Waals surface area contributed by atoms with Crippen LogP contribution < -0.4 is 0 Å². The lowest BCUT2D eigenvalue weighted by Gasteiger charge is -2.08. The third-order valence-electron chi connectivity index (χ3n) is 2.82. The first-order valence-electron chi connectivity index (χ1n) is 6.07. The van der Waals surface area contributed by atoms with Crippen molar-refractivity contribution in [2.24, 2.45) is 11.1 Å². The van der Waals surface area contributed by atoms with Crippen LogP contribution in [0.5, 0.6) is 0 Å². The lowest BCUT2D eigenvalue weighted by molar-refractivity contribution is -0.143. The summed E-state index contributed by atoms with van der Waals surface area (Å²) in [5, 5.41) is 11.4. The molecule has 1 N–H and O–H groups in total. The molecule has 0 aliphatic carbocycles. The molecule has 0 saturated carbocycles. The average Bonchev–Trinajstić information content (AvgIpc) is 2.42. The van der Waals surface area contributed by atoms with E-state index in [-0.39, 0.29) is 5.97 Å². The Morgan fingerprint density at radius 2 is 2.11 bits per heavy atom. The highest BCUT2D eigenvalue weighted by atomic mass is 16.5. The molecule has 0 heterocycles. The molecule has 0 radical (unpaired) electrons. The molecule has 1 unspecified atom stereocenters. The molecular weight excluding hydrogens is 230 g/mol. The zero-order valence-corrected chi connectivity index (χ0v) is 10.6. The van der Waals surface area contributed by atoms with Crippen LogP contribution in [0.25, 0.3) is 0 Å². The molecule has 18 heavy (non-hydrogen) atoms. The Morgan fingerprint density at radius 1 is 1.39 bits per heavy atom. The highest BCUT2D eigenvalue weighted by Gasteiger charge is 2.16. The second kappa shape index (κ2) is 8.28. The van der Waals surface area contributed by atoms with Gasteiger partial charge in [0, 0.05) is 0 Å². The third-order valence-corrected chi connectivity index (χ3v) is 2.82. The number of carbonyl (C=O) groups is 1. The lowest BCUT2D eigenvalue weighted by atomic mass is 10.0. The number of oxime groups is 1. The number of ether oxygens (including phenoxy) is 1. The summed E-state index contributed by atoms with van der Waals surface area (Å²) in [6.07, 6.45) is 4.75. The minimum atomic E-state index is -0.448. The van der Waals surface area contributed by atoms with Crippen LogP contribution in [0.3, 0.4) is 0 Å². The number of benzene rings is 1. The predicted molar refractivity (Wildman–Crippen MR) is 69.8 cm³/mol. The van der Waals surface area contributed by atoms with Crippen molar-refractivity contribution in [2.75, 3.05) is 7.11 Å². The molecule has 1 aromatic rings. The van der Waals surface area contributed by atoms with Gasteiger partial charge >= 0.3 is 5.97 Å². The van der Waals surface area contributed by atoms with Crippen molar-refractivity contribution in [3.05, 3.63) is 35.9 Å². The van der Waals surface area contributed by atoms with Crippen LogP contribution in [0, 0.1) is 5.92 Å². The van der Waals surface area contributed by atoms with Gasteiger partial charge in [-0.1, -0.05) is 36.8 Å². The Labute approximate surface area is 107 Å². The van der Waals surface area contributed by atoms with Crippen molar-refractivity contribution in [3.63, 3.8) is 0 Å². The molecule has 0 aliphatic rings. The van der Waals surface area contributed by atoms with Crippen LogP contribution in [-0.4, -0.2) is 24.5 Å². The van der Waals surface area contributed by atoms with Crippen LogP contribution in [-0.2, 0) is 16.0 Å². The van der Waals surface area contributed by atoms with E-state index in [0.717, 1.165) is 19.3 Å². The van der Waals surface area contributed by atoms with Gasteiger partial charge in [0.1, 0.15) is 0 Å². The van der Waals surface area contributed by atoms with Gasteiger partial charge in [-0.3, -0.25) is 4.79 Å². The van der Waals surface area contributed by atoms with E-state index in [1.54, 1.807) is 0 Å². The molecule has 1 aromatic carbocycles. The van der Waals surface area contributed by atoms with E-state index in [4.69, 9.17) is 5.21 Å². The van der Waals surface area contributed by atoms with Crippen LogP contribution in [0.2, 0.25) is 0 Å². The lowest BCUT2D eigenvalue weighted by Crippen LogP contribution is -2.17. The fourth-order valence-electron chi connectivity index (χ4n) is 1.82. The molecule has 0 spiro atoms. The van der Waals surface area contributed by atoms with Gasteiger partial charge in [0.15, 0.2) is 0 Å². The Hall–Kier alpha value is -1.84. The molecule has 98 valence electrons. The number of hydrogen-bond acceptors (Lipinski definition) is 4. The number of nitrogens with zero attached hydrogens (tertiary/aromatic N) is 1. The Kier molecular flexibility index (Phi) is 6.54. The predicted octanol–water partition coefficient (Wildman–Crippen LogP) is 2.65. The smallest absolute Gasteiger partial charge is 0.314 e. The van der Waals surface area contributed by atoms with Gasteiger partial charge in [-0.2, -0.15) is 0 Å². The SMILES string of the molecule is COC(=O)C(/C=N\O)CCCCc1ccccc1. The fraction of sp³-hybridized carbons (Fsp3) is 0.429. The van der Waals surface area contributed by atoms with Gasteiger partial charge in [0.05, 0.1) is 19.2 Å². The second-order valence-corrected chi connectivity index (χ2v) is 4.13. The summed E-state index contributed by atoms with van der Waals surface area (Å²) in [4.78, 5) is 11.3. The molecule has 0 aliphatic heterocycles. The van der Waals surface area contributed by atoms with Gasteiger partial charge < -0.3 is 9.94 Å². The monoisotopic (exact) mass is 249 g/mol. The summed E-state index contributed by atoms with van der Waals surface area (Å²) >= 11 is 0. The Morgan fingerprint density at radius 3 is 2.72 bits per heavy atom. The first-order chi connectivity index (χ1) is 8.77. The second-order valence-electron chi connectivity index (χ2n) is 4.13.